The van der Waals surface area contributed by atoms with Crippen molar-refractivity contribution in [1.29, 1.82) is 0 Å². The molecule has 0 unspecified atom stereocenters. The summed E-state index contributed by atoms with van der Waals surface area (Å²) in [5.74, 6) is 0.613. The van der Waals surface area contributed by atoms with Crippen LogP contribution >= 0.6 is 0 Å². The summed E-state index contributed by atoms with van der Waals surface area (Å²) in [5.41, 5.74) is 1.76. The van der Waals surface area contributed by atoms with Gasteiger partial charge >= 0.3 is 0 Å². The molecule has 3 heteroatoms. The van der Waals surface area contributed by atoms with Gasteiger partial charge in [0.25, 0.3) is 0 Å². The number of hydrogen-bond acceptors (Lipinski definition) is 2. The number of Topliss-reactive ketones (excluding diaryl/α,β-unsaturated/α-hetero) is 2. The van der Waals surface area contributed by atoms with Crippen LogP contribution < -0.4 is 0 Å². The van der Waals surface area contributed by atoms with Crippen LogP contribution in [0.3, 0.4) is 0 Å². The fraction of sp³-hybridized carbons (Fsp3) is 0.625. The molecule has 35 heavy (non-hydrogen) atoms. The molecule has 0 saturated heterocycles. The molecule has 2 aromatic rings. The van der Waals surface area contributed by atoms with Crippen LogP contribution in [0.5, 0.6) is 0 Å². The van der Waals surface area contributed by atoms with Gasteiger partial charge in [-0.2, -0.15) is 12.1 Å². The van der Waals surface area contributed by atoms with Crippen LogP contribution in [-0.4, -0.2) is 11.6 Å². The van der Waals surface area contributed by atoms with Crippen LogP contribution in [0.2, 0.25) is 0 Å². The summed E-state index contributed by atoms with van der Waals surface area (Å²) >= 11 is 0. The van der Waals surface area contributed by atoms with Gasteiger partial charge in [-0.3, -0.25) is 5.78 Å². The van der Waals surface area contributed by atoms with E-state index in [0.29, 0.717) is 11.6 Å². The minimum absolute atomic E-state index is 0. The number of carbonyl (C=O) groups is 2. The average molecular weight is 523 g/mol. The van der Waals surface area contributed by atoms with Gasteiger partial charge in [-0.25, -0.2) is 12.1 Å². The standard InChI is InChI=1S/2C16H25O.Fe/c2*1-2-3-4-5-6-7-8-9-14-16(17)15-12-10-11-13-15;/h2*10-13H,2-9,14H2,1H3;/q-5;-1;. The first-order valence-electron chi connectivity index (χ1n) is 14.2. The molecule has 2 aromatic carbocycles. The van der Waals surface area contributed by atoms with E-state index >= 15 is 0 Å². The van der Waals surface area contributed by atoms with Crippen molar-refractivity contribution < 1.29 is 26.7 Å². The predicted molar refractivity (Wildman–Crippen MR) is 147 cm³/mol. The van der Waals surface area contributed by atoms with Crippen LogP contribution in [0, 0.1) is 0 Å². The van der Waals surface area contributed by atoms with E-state index in [-0.39, 0.29) is 17.1 Å². The van der Waals surface area contributed by atoms with Gasteiger partial charge in [-0.15, -0.1) is 6.42 Å². The van der Waals surface area contributed by atoms with Crippen molar-refractivity contribution in [2.45, 2.75) is 129 Å². The van der Waals surface area contributed by atoms with Gasteiger partial charge in [-0.1, -0.05) is 116 Å². The molecule has 0 aromatic heterocycles. The van der Waals surface area contributed by atoms with E-state index in [0.717, 1.165) is 36.8 Å². The maximum Gasteiger partial charge on any atom is 0.108 e. The average Bonchev–Trinajstić information content (AvgIpc) is 3.57. The topological polar surface area (TPSA) is 34.1 Å². The molecule has 0 bridgehead atoms. The Morgan fingerprint density at radius 1 is 0.571 bits per heavy atom. The molecule has 2 rings (SSSR count). The molecule has 0 radical (unpaired) electrons. The molecule has 0 aliphatic carbocycles. The third-order valence-corrected chi connectivity index (χ3v) is 6.48. The maximum absolute atomic E-state index is 11.7. The van der Waals surface area contributed by atoms with Gasteiger partial charge in [-0.05, 0) is 12.8 Å². The van der Waals surface area contributed by atoms with Crippen LogP contribution in [0.1, 0.15) is 150 Å². The molecule has 0 fully saturated rings. The first-order chi connectivity index (χ1) is 16.7. The van der Waals surface area contributed by atoms with Gasteiger partial charge in [0.15, 0.2) is 0 Å². The fourth-order valence-electron chi connectivity index (χ4n) is 4.25. The number of unbranched alkanes of at least 4 members (excludes halogenated alkanes) is 14. The first-order valence-corrected chi connectivity index (χ1v) is 14.2. The Kier molecular flexibility index (Phi) is 23.3. The third kappa shape index (κ3) is 18.5. The number of rotatable bonds is 20. The molecule has 0 saturated carbocycles. The summed E-state index contributed by atoms with van der Waals surface area (Å²) in [7, 11) is 0. The van der Waals surface area contributed by atoms with Crippen molar-refractivity contribution in [2.75, 3.05) is 0 Å². The molecule has 0 amide bonds. The SMILES string of the molecule is CCCCCCCCCCC(=O)[c-]1[cH-][cH-][cH-][cH-]1.CCCCCCCCCCC(=O)[c-]1cccc1.[Fe]. The number of ketones is 2. The molecule has 0 aliphatic heterocycles. The zero-order valence-corrected chi connectivity index (χ0v) is 23.6. The summed E-state index contributed by atoms with van der Waals surface area (Å²) in [5, 5.41) is 0. The first kappa shape index (κ1) is 33.6. The van der Waals surface area contributed by atoms with E-state index in [1.165, 1.54) is 89.9 Å². The van der Waals surface area contributed by atoms with Gasteiger partial charge in [0, 0.05) is 17.1 Å². The van der Waals surface area contributed by atoms with Crippen molar-refractivity contribution in [1.82, 2.24) is 0 Å². The Morgan fingerprint density at radius 3 is 1.37 bits per heavy atom. The Balaban J connectivity index is 0.000000642. The second-order valence-electron chi connectivity index (χ2n) is 9.64. The molecule has 0 N–H and O–H groups in total. The number of carbonyl (C=O) groups excluding carboxylic acids is 2. The molecular weight excluding hydrogens is 472 g/mol. The summed E-state index contributed by atoms with van der Waals surface area (Å²) in [4.78, 5) is 23.4. The van der Waals surface area contributed by atoms with Gasteiger partial charge in [0.05, 0.1) is 0 Å². The molecule has 0 atom stereocenters. The van der Waals surface area contributed by atoms with Crippen LogP contribution in [0.25, 0.3) is 0 Å². The van der Waals surface area contributed by atoms with Crippen LogP contribution in [-0.2, 0) is 17.1 Å². The Hall–Kier alpha value is -1.44. The normalized spacial score (nSPS) is 10.3. The fourth-order valence-corrected chi connectivity index (χ4v) is 4.25. The summed E-state index contributed by atoms with van der Waals surface area (Å²) in [6.45, 7) is 4.49. The van der Waals surface area contributed by atoms with Crippen molar-refractivity contribution in [3.05, 3.63) is 59.7 Å². The van der Waals surface area contributed by atoms with E-state index < -0.39 is 0 Å². The van der Waals surface area contributed by atoms with Crippen molar-refractivity contribution in [3.63, 3.8) is 0 Å². The zero-order chi connectivity index (χ0) is 24.7. The predicted octanol–water partition coefficient (Wildman–Crippen LogP) is 10.2. The van der Waals surface area contributed by atoms with Crippen molar-refractivity contribution in [2.24, 2.45) is 0 Å². The third-order valence-electron chi connectivity index (χ3n) is 6.48. The van der Waals surface area contributed by atoms with Gasteiger partial charge in [0.2, 0.25) is 0 Å². The van der Waals surface area contributed by atoms with Crippen LogP contribution in [0.4, 0.5) is 0 Å². The summed E-state index contributed by atoms with van der Waals surface area (Å²) < 4.78 is 0. The Labute approximate surface area is 226 Å². The van der Waals surface area contributed by atoms with Crippen molar-refractivity contribution >= 4 is 11.6 Å². The molecule has 2 nitrogen and oxygen atoms in total. The second kappa shape index (κ2) is 24.3. The quantitative estimate of drug-likeness (QED) is 0.0750. The van der Waals surface area contributed by atoms with E-state index in [1.807, 2.05) is 48.5 Å². The molecular formula is C32H50FeO2-6. The van der Waals surface area contributed by atoms with E-state index in [4.69, 9.17) is 0 Å². The molecule has 0 aliphatic rings. The Bertz CT molecular complexity index is 638. The minimum atomic E-state index is 0. The smallest absolute Gasteiger partial charge is 0.108 e. The molecule has 204 valence electrons. The van der Waals surface area contributed by atoms with Gasteiger partial charge < -0.3 is 39.4 Å². The van der Waals surface area contributed by atoms with E-state index in [2.05, 4.69) is 13.8 Å². The second-order valence-corrected chi connectivity index (χ2v) is 9.64. The monoisotopic (exact) mass is 522 g/mol. The zero-order valence-electron chi connectivity index (χ0n) is 22.5. The maximum atomic E-state index is 11.7. The molecule has 0 heterocycles. The van der Waals surface area contributed by atoms with Crippen LogP contribution in [0.15, 0.2) is 48.5 Å². The van der Waals surface area contributed by atoms with Gasteiger partial charge in [0.1, 0.15) is 5.78 Å². The summed E-state index contributed by atoms with van der Waals surface area (Å²) in [6, 6.07) is 15.4. The summed E-state index contributed by atoms with van der Waals surface area (Å²) in [6.07, 6.45) is 22.1. The van der Waals surface area contributed by atoms with E-state index in [1.54, 1.807) is 0 Å². The number of hydrogen-bond donors (Lipinski definition) is 0. The van der Waals surface area contributed by atoms with E-state index in [9.17, 15) is 9.59 Å². The molecule has 0 spiro atoms. The minimum Gasteiger partial charge on any atom is -0.718 e. The largest absolute Gasteiger partial charge is 0.718 e. The Morgan fingerprint density at radius 2 is 0.943 bits per heavy atom. The van der Waals surface area contributed by atoms with Crippen molar-refractivity contribution in [3.8, 4) is 0 Å².